The first-order chi connectivity index (χ1) is 7.31. The van der Waals surface area contributed by atoms with Gasteiger partial charge in [-0.3, -0.25) is 0 Å². The van der Waals surface area contributed by atoms with Crippen LogP contribution in [-0.2, 0) is 4.74 Å². The van der Waals surface area contributed by atoms with Crippen molar-refractivity contribution in [1.82, 2.24) is 4.98 Å². The van der Waals surface area contributed by atoms with Crippen LogP contribution in [0.2, 0.25) is 5.15 Å². The molecule has 0 bridgehead atoms. The summed E-state index contributed by atoms with van der Waals surface area (Å²) in [5.74, 6) is 0.960. The summed E-state index contributed by atoms with van der Waals surface area (Å²) in [5, 5.41) is 0.551. The van der Waals surface area contributed by atoms with Crippen LogP contribution in [0.5, 0.6) is 0 Å². The Balaban J connectivity index is 2.15. The van der Waals surface area contributed by atoms with Crippen molar-refractivity contribution in [3.8, 4) is 0 Å². The molecule has 1 unspecified atom stereocenters. The number of ether oxygens (including phenoxy) is 1. The van der Waals surface area contributed by atoms with E-state index in [4.69, 9.17) is 16.3 Å². The molecule has 2 heterocycles. The van der Waals surface area contributed by atoms with E-state index in [1.807, 2.05) is 12.1 Å². The second kappa shape index (κ2) is 4.81. The second-order valence-electron chi connectivity index (χ2n) is 3.76. The molecule has 0 amide bonds. The molecular weight excluding hydrogens is 212 g/mol. The predicted octanol–water partition coefficient (Wildman–Crippen LogP) is 2.35. The number of methoxy groups -OCH3 is 1. The molecule has 1 aliphatic rings. The van der Waals surface area contributed by atoms with Gasteiger partial charge in [-0.25, -0.2) is 4.98 Å². The Morgan fingerprint density at radius 1 is 1.60 bits per heavy atom. The van der Waals surface area contributed by atoms with Crippen LogP contribution in [0.25, 0.3) is 0 Å². The highest BCUT2D eigenvalue weighted by atomic mass is 35.5. The van der Waals surface area contributed by atoms with E-state index in [-0.39, 0.29) is 0 Å². The Labute approximate surface area is 95.0 Å². The zero-order valence-electron chi connectivity index (χ0n) is 8.82. The number of nitrogens with zero attached hydrogens (tertiary/aromatic N) is 2. The Bertz CT molecular complexity index is 332. The summed E-state index contributed by atoms with van der Waals surface area (Å²) >= 11 is 5.88. The van der Waals surface area contributed by atoms with E-state index in [0.717, 1.165) is 19.0 Å². The van der Waals surface area contributed by atoms with Crippen LogP contribution < -0.4 is 4.90 Å². The van der Waals surface area contributed by atoms with Crippen LogP contribution in [0.15, 0.2) is 18.2 Å². The van der Waals surface area contributed by atoms with Crippen LogP contribution in [0.1, 0.15) is 12.8 Å². The number of aromatic nitrogens is 1. The molecule has 4 heteroatoms. The lowest BCUT2D eigenvalue weighted by Gasteiger charge is -2.25. The van der Waals surface area contributed by atoms with E-state index in [9.17, 15) is 0 Å². The molecule has 0 radical (unpaired) electrons. The van der Waals surface area contributed by atoms with Crippen LogP contribution >= 0.6 is 11.6 Å². The van der Waals surface area contributed by atoms with Crippen molar-refractivity contribution in [2.45, 2.75) is 18.9 Å². The quantitative estimate of drug-likeness (QED) is 0.740. The number of pyridine rings is 1. The summed E-state index contributed by atoms with van der Waals surface area (Å²) in [6.07, 6.45) is 2.37. The minimum absolute atomic E-state index is 0.445. The Kier molecular flexibility index (Phi) is 3.44. The number of hydrogen-bond acceptors (Lipinski definition) is 3. The maximum atomic E-state index is 5.88. The van der Waals surface area contributed by atoms with E-state index in [1.54, 1.807) is 13.2 Å². The highest BCUT2D eigenvalue weighted by Gasteiger charge is 2.25. The van der Waals surface area contributed by atoms with Gasteiger partial charge < -0.3 is 9.64 Å². The van der Waals surface area contributed by atoms with E-state index < -0.39 is 0 Å². The van der Waals surface area contributed by atoms with Crippen molar-refractivity contribution < 1.29 is 4.74 Å². The average Bonchev–Trinajstić information content (AvgIpc) is 2.66. The molecular formula is C11H15ClN2O. The summed E-state index contributed by atoms with van der Waals surface area (Å²) in [4.78, 5) is 6.60. The van der Waals surface area contributed by atoms with Crippen molar-refractivity contribution in [2.75, 3.05) is 25.2 Å². The monoisotopic (exact) mass is 226 g/mol. The van der Waals surface area contributed by atoms with Gasteiger partial charge in [-0.15, -0.1) is 0 Å². The number of hydrogen-bond donors (Lipinski definition) is 0. The van der Waals surface area contributed by atoms with Gasteiger partial charge in [0.1, 0.15) is 11.0 Å². The van der Waals surface area contributed by atoms with Gasteiger partial charge in [0.15, 0.2) is 0 Å². The molecule has 15 heavy (non-hydrogen) atoms. The first-order valence-corrected chi connectivity index (χ1v) is 5.57. The number of anilines is 1. The van der Waals surface area contributed by atoms with Gasteiger partial charge in [0.05, 0.1) is 12.6 Å². The smallest absolute Gasteiger partial charge is 0.131 e. The third-order valence-corrected chi connectivity index (χ3v) is 2.94. The van der Waals surface area contributed by atoms with E-state index in [0.29, 0.717) is 11.2 Å². The van der Waals surface area contributed by atoms with Crippen LogP contribution in [0, 0.1) is 0 Å². The lowest BCUT2D eigenvalue weighted by atomic mass is 10.2. The first-order valence-electron chi connectivity index (χ1n) is 5.19. The largest absolute Gasteiger partial charge is 0.383 e. The van der Waals surface area contributed by atoms with Gasteiger partial charge in [-0.2, -0.15) is 0 Å². The molecule has 1 saturated heterocycles. The van der Waals surface area contributed by atoms with Crippen molar-refractivity contribution in [3.63, 3.8) is 0 Å². The summed E-state index contributed by atoms with van der Waals surface area (Å²) < 4.78 is 5.21. The Morgan fingerprint density at radius 3 is 3.20 bits per heavy atom. The number of halogens is 1. The molecule has 1 aromatic heterocycles. The third-order valence-electron chi connectivity index (χ3n) is 2.73. The first kappa shape index (κ1) is 10.7. The fourth-order valence-corrected chi connectivity index (χ4v) is 2.22. The fourth-order valence-electron chi connectivity index (χ4n) is 2.06. The van der Waals surface area contributed by atoms with Gasteiger partial charge in [0, 0.05) is 13.7 Å². The van der Waals surface area contributed by atoms with E-state index >= 15 is 0 Å². The van der Waals surface area contributed by atoms with Crippen molar-refractivity contribution in [3.05, 3.63) is 23.4 Å². The molecule has 0 spiro atoms. The average molecular weight is 227 g/mol. The molecule has 1 atom stereocenters. The third kappa shape index (κ3) is 2.41. The summed E-state index contributed by atoms with van der Waals surface area (Å²) in [7, 11) is 1.74. The van der Waals surface area contributed by atoms with E-state index in [1.165, 1.54) is 12.8 Å². The van der Waals surface area contributed by atoms with Crippen molar-refractivity contribution in [1.29, 1.82) is 0 Å². The predicted molar refractivity (Wildman–Crippen MR) is 61.5 cm³/mol. The highest BCUT2D eigenvalue weighted by Crippen LogP contribution is 2.24. The topological polar surface area (TPSA) is 25.4 Å². The molecule has 0 aliphatic carbocycles. The second-order valence-corrected chi connectivity index (χ2v) is 4.15. The van der Waals surface area contributed by atoms with Crippen LogP contribution in [0.3, 0.4) is 0 Å². The van der Waals surface area contributed by atoms with Gasteiger partial charge >= 0.3 is 0 Å². The van der Waals surface area contributed by atoms with Crippen molar-refractivity contribution >= 4 is 17.4 Å². The standard InChI is InChI=1S/C11H15ClN2O/c1-15-8-9-4-3-7-14(9)11-6-2-5-10(12)13-11/h2,5-6,9H,3-4,7-8H2,1H3. The number of rotatable bonds is 3. The van der Waals surface area contributed by atoms with Crippen LogP contribution in [-0.4, -0.2) is 31.3 Å². The molecule has 0 aromatic carbocycles. The highest BCUT2D eigenvalue weighted by molar-refractivity contribution is 6.29. The molecule has 0 saturated carbocycles. The Hall–Kier alpha value is -0.800. The molecule has 0 N–H and O–H groups in total. The molecule has 1 aromatic rings. The maximum absolute atomic E-state index is 5.88. The van der Waals surface area contributed by atoms with Gasteiger partial charge in [0.2, 0.25) is 0 Å². The molecule has 3 nitrogen and oxygen atoms in total. The fraction of sp³-hybridized carbons (Fsp3) is 0.545. The SMILES string of the molecule is COCC1CCCN1c1cccc(Cl)n1. The van der Waals surface area contributed by atoms with Gasteiger partial charge in [-0.05, 0) is 25.0 Å². The minimum atomic E-state index is 0.445. The lowest BCUT2D eigenvalue weighted by Crippen LogP contribution is -2.33. The summed E-state index contributed by atoms with van der Waals surface area (Å²) in [6.45, 7) is 1.80. The van der Waals surface area contributed by atoms with Gasteiger partial charge in [-0.1, -0.05) is 17.7 Å². The minimum Gasteiger partial charge on any atom is -0.383 e. The molecule has 1 aliphatic heterocycles. The summed E-state index contributed by atoms with van der Waals surface area (Å²) in [6, 6.07) is 6.18. The zero-order valence-corrected chi connectivity index (χ0v) is 9.57. The van der Waals surface area contributed by atoms with Crippen molar-refractivity contribution in [2.24, 2.45) is 0 Å². The lowest BCUT2D eigenvalue weighted by molar-refractivity contribution is 0.180. The molecule has 82 valence electrons. The molecule has 1 fully saturated rings. The maximum Gasteiger partial charge on any atom is 0.131 e. The normalized spacial score (nSPS) is 20.9. The Morgan fingerprint density at radius 2 is 2.47 bits per heavy atom. The van der Waals surface area contributed by atoms with E-state index in [2.05, 4.69) is 9.88 Å². The molecule has 2 rings (SSSR count). The van der Waals surface area contributed by atoms with Gasteiger partial charge in [0.25, 0.3) is 0 Å². The zero-order chi connectivity index (χ0) is 10.7. The summed E-state index contributed by atoms with van der Waals surface area (Å²) in [5.41, 5.74) is 0. The van der Waals surface area contributed by atoms with Crippen LogP contribution in [0.4, 0.5) is 5.82 Å².